The van der Waals surface area contributed by atoms with Gasteiger partial charge in [-0.2, -0.15) is 0 Å². The fourth-order valence-electron chi connectivity index (χ4n) is 2.81. The molecule has 0 saturated carbocycles. The minimum atomic E-state index is 0.217. The van der Waals surface area contributed by atoms with Crippen LogP contribution >= 0.6 is 0 Å². The number of carbonyl (C=O) groups is 1. The standard InChI is InChI=1S/C23H44N2O/c1-4-5-6-7-8-9-10-11-12-13-14-15-16-17-18-20-23(26)24-21-19-22-25(2)3/h8-9,11-12H,4-7,10,13-22H2,1-3H3,(H,24,26)/b9-8-,12-11?. The van der Waals surface area contributed by atoms with Gasteiger partial charge in [-0.1, -0.05) is 63.3 Å². The van der Waals surface area contributed by atoms with E-state index in [4.69, 9.17) is 0 Å². The molecule has 0 unspecified atom stereocenters. The molecule has 0 aliphatic rings. The molecule has 0 radical (unpaired) electrons. The molecular formula is C23H44N2O. The fourth-order valence-corrected chi connectivity index (χ4v) is 2.81. The Labute approximate surface area is 163 Å². The van der Waals surface area contributed by atoms with E-state index in [2.05, 4.69) is 55.5 Å². The maximum absolute atomic E-state index is 11.7. The van der Waals surface area contributed by atoms with Crippen LogP contribution < -0.4 is 5.32 Å². The van der Waals surface area contributed by atoms with Gasteiger partial charge in [0.15, 0.2) is 0 Å². The summed E-state index contributed by atoms with van der Waals surface area (Å²) < 4.78 is 0. The van der Waals surface area contributed by atoms with Crippen molar-refractivity contribution in [3.05, 3.63) is 24.3 Å². The van der Waals surface area contributed by atoms with Gasteiger partial charge in [-0.3, -0.25) is 4.79 Å². The second-order valence-electron chi connectivity index (χ2n) is 7.49. The molecule has 3 nitrogen and oxygen atoms in total. The predicted molar refractivity (Wildman–Crippen MR) is 116 cm³/mol. The SMILES string of the molecule is CCCCC/C=C\CC=CCCCCCCCC(=O)NCCCN(C)C. The van der Waals surface area contributed by atoms with Crippen molar-refractivity contribution in [1.82, 2.24) is 10.2 Å². The lowest BCUT2D eigenvalue weighted by molar-refractivity contribution is -0.121. The summed E-state index contributed by atoms with van der Waals surface area (Å²) in [4.78, 5) is 13.8. The summed E-state index contributed by atoms with van der Waals surface area (Å²) in [6.45, 7) is 4.08. The molecular weight excluding hydrogens is 320 g/mol. The molecule has 1 amide bonds. The van der Waals surface area contributed by atoms with Crippen molar-refractivity contribution >= 4 is 5.91 Å². The zero-order chi connectivity index (χ0) is 19.3. The summed E-state index contributed by atoms with van der Waals surface area (Å²) in [7, 11) is 4.12. The summed E-state index contributed by atoms with van der Waals surface area (Å²) in [5.41, 5.74) is 0. The number of nitrogens with zero attached hydrogens (tertiary/aromatic N) is 1. The number of nitrogens with one attached hydrogen (secondary N) is 1. The van der Waals surface area contributed by atoms with Gasteiger partial charge in [0.2, 0.25) is 5.91 Å². The molecule has 0 aromatic heterocycles. The van der Waals surface area contributed by atoms with Gasteiger partial charge in [0, 0.05) is 13.0 Å². The van der Waals surface area contributed by atoms with Gasteiger partial charge in [-0.15, -0.1) is 0 Å². The van der Waals surface area contributed by atoms with E-state index < -0.39 is 0 Å². The molecule has 0 heterocycles. The lowest BCUT2D eigenvalue weighted by Gasteiger charge is -2.09. The molecule has 0 rings (SSSR count). The highest BCUT2D eigenvalue weighted by Gasteiger charge is 2.00. The maximum Gasteiger partial charge on any atom is 0.219 e. The first-order valence-corrected chi connectivity index (χ1v) is 10.9. The lowest BCUT2D eigenvalue weighted by Crippen LogP contribution is -2.26. The Morgan fingerprint density at radius 2 is 1.42 bits per heavy atom. The normalized spacial score (nSPS) is 11.8. The minimum absolute atomic E-state index is 0.217. The number of carbonyl (C=O) groups excluding carboxylic acids is 1. The van der Waals surface area contributed by atoms with E-state index in [0.29, 0.717) is 6.42 Å². The van der Waals surface area contributed by atoms with Crippen molar-refractivity contribution in [2.75, 3.05) is 27.2 Å². The Hall–Kier alpha value is -1.09. The molecule has 0 atom stereocenters. The maximum atomic E-state index is 11.7. The molecule has 0 aromatic rings. The van der Waals surface area contributed by atoms with Crippen LogP contribution in [0.4, 0.5) is 0 Å². The molecule has 26 heavy (non-hydrogen) atoms. The fraction of sp³-hybridized carbons (Fsp3) is 0.783. The lowest BCUT2D eigenvalue weighted by atomic mass is 10.1. The van der Waals surface area contributed by atoms with E-state index in [1.54, 1.807) is 0 Å². The summed E-state index contributed by atoms with van der Waals surface area (Å²) in [5, 5.41) is 3.01. The van der Waals surface area contributed by atoms with Crippen LogP contribution in [0.1, 0.15) is 90.4 Å². The van der Waals surface area contributed by atoms with Crippen molar-refractivity contribution in [2.45, 2.75) is 90.4 Å². The first kappa shape index (κ1) is 24.9. The molecule has 0 aliphatic heterocycles. The third-order valence-electron chi connectivity index (χ3n) is 4.46. The van der Waals surface area contributed by atoms with E-state index in [0.717, 1.165) is 32.4 Å². The van der Waals surface area contributed by atoms with Gasteiger partial charge in [0.25, 0.3) is 0 Å². The van der Waals surface area contributed by atoms with Crippen LogP contribution in [0.15, 0.2) is 24.3 Å². The monoisotopic (exact) mass is 364 g/mol. The van der Waals surface area contributed by atoms with Gasteiger partial charge in [0.05, 0.1) is 0 Å². The molecule has 3 heteroatoms. The summed E-state index contributed by atoms with van der Waals surface area (Å²) in [6.07, 6.45) is 24.4. The van der Waals surface area contributed by atoms with Crippen molar-refractivity contribution in [3.63, 3.8) is 0 Å². The number of unbranched alkanes of at least 4 members (excludes halogenated alkanes) is 8. The number of hydrogen-bond donors (Lipinski definition) is 1. The Morgan fingerprint density at radius 3 is 2.08 bits per heavy atom. The van der Waals surface area contributed by atoms with Crippen LogP contribution in [-0.2, 0) is 4.79 Å². The highest BCUT2D eigenvalue weighted by Crippen LogP contribution is 2.08. The number of amides is 1. The van der Waals surface area contributed by atoms with Crippen LogP contribution in [0.2, 0.25) is 0 Å². The smallest absolute Gasteiger partial charge is 0.219 e. The van der Waals surface area contributed by atoms with Crippen LogP contribution in [-0.4, -0.2) is 38.0 Å². The van der Waals surface area contributed by atoms with Crippen molar-refractivity contribution in [2.24, 2.45) is 0 Å². The zero-order valence-corrected chi connectivity index (χ0v) is 17.8. The predicted octanol–water partition coefficient (Wildman–Crippen LogP) is 5.87. The largest absolute Gasteiger partial charge is 0.356 e. The number of rotatable bonds is 18. The summed E-state index contributed by atoms with van der Waals surface area (Å²) in [5.74, 6) is 0.217. The van der Waals surface area contributed by atoms with E-state index in [1.807, 2.05) is 0 Å². The van der Waals surface area contributed by atoms with Gasteiger partial charge in [-0.25, -0.2) is 0 Å². The van der Waals surface area contributed by atoms with Crippen molar-refractivity contribution < 1.29 is 4.79 Å². The topological polar surface area (TPSA) is 32.3 Å². The van der Waals surface area contributed by atoms with E-state index in [1.165, 1.54) is 57.8 Å². The Kier molecular flexibility index (Phi) is 19.4. The average Bonchev–Trinajstić information content (AvgIpc) is 2.62. The van der Waals surface area contributed by atoms with Gasteiger partial charge in [-0.05, 0) is 65.6 Å². The van der Waals surface area contributed by atoms with E-state index in [-0.39, 0.29) is 5.91 Å². The molecule has 0 aliphatic carbocycles. The molecule has 0 saturated heterocycles. The molecule has 0 fully saturated rings. The third kappa shape index (κ3) is 21.0. The average molecular weight is 365 g/mol. The summed E-state index contributed by atoms with van der Waals surface area (Å²) in [6, 6.07) is 0. The highest BCUT2D eigenvalue weighted by molar-refractivity contribution is 5.75. The van der Waals surface area contributed by atoms with Crippen molar-refractivity contribution in [1.29, 1.82) is 0 Å². The van der Waals surface area contributed by atoms with E-state index >= 15 is 0 Å². The van der Waals surface area contributed by atoms with Crippen LogP contribution in [0.25, 0.3) is 0 Å². The Bertz CT molecular complexity index is 361. The molecule has 0 aromatic carbocycles. The Balaban J connectivity index is 3.27. The number of hydrogen-bond acceptors (Lipinski definition) is 2. The molecule has 0 spiro atoms. The second-order valence-corrected chi connectivity index (χ2v) is 7.49. The minimum Gasteiger partial charge on any atom is -0.356 e. The first-order valence-electron chi connectivity index (χ1n) is 10.9. The quantitative estimate of drug-likeness (QED) is 0.244. The van der Waals surface area contributed by atoms with Gasteiger partial charge in [0.1, 0.15) is 0 Å². The van der Waals surface area contributed by atoms with Crippen LogP contribution in [0, 0.1) is 0 Å². The van der Waals surface area contributed by atoms with Gasteiger partial charge < -0.3 is 10.2 Å². The zero-order valence-electron chi connectivity index (χ0n) is 17.8. The summed E-state index contributed by atoms with van der Waals surface area (Å²) >= 11 is 0. The molecule has 152 valence electrons. The van der Waals surface area contributed by atoms with E-state index in [9.17, 15) is 4.79 Å². The van der Waals surface area contributed by atoms with Crippen LogP contribution in [0.3, 0.4) is 0 Å². The molecule has 1 N–H and O–H groups in total. The molecule has 0 bridgehead atoms. The second kappa shape index (κ2) is 20.2. The van der Waals surface area contributed by atoms with Crippen molar-refractivity contribution in [3.8, 4) is 0 Å². The van der Waals surface area contributed by atoms with Crippen LogP contribution in [0.5, 0.6) is 0 Å². The third-order valence-corrected chi connectivity index (χ3v) is 4.46. The van der Waals surface area contributed by atoms with Gasteiger partial charge >= 0.3 is 0 Å². The first-order chi connectivity index (χ1) is 12.7. The highest BCUT2D eigenvalue weighted by atomic mass is 16.1. The number of allylic oxidation sites excluding steroid dienone is 4. The Morgan fingerprint density at radius 1 is 0.808 bits per heavy atom.